The van der Waals surface area contributed by atoms with E-state index >= 15 is 0 Å². The third-order valence-corrected chi connectivity index (χ3v) is 11.7. The standard InChI is InChI=1S/C30H47N5O10S.C5H8ClNO2/c1-8-18-16-30(18,25(38)33-46(41,42)20-9-10-20)32-23(36)21-15-19(44-27(40)34-11-13-43-14-12-34)17-35(21)24(37)22(28(2,3)4)31-26(39)45-29(5,6)7;6-5(8)7-1-3-9-4-2-7/h8,18-22H,1,9-17H2,2-7H3,(H,31,39)(H,32,36)(H,33,38);1-4H2/t18?,19-,21+,22-,30-;/m1./s1. The first kappa shape index (κ1) is 44.0. The molecule has 18 nitrogen and oxygen atoms in total. The fraction of sp³-hybridized carbons (Fsp3) is 0.771. The van der Waals surface area contributed by atoms with E-state index in [9.17, 15) is 37.2 Å². The van der Waals surface area contributed by atoms with Crippen molar-refractivity contribution in [2.45, 2.75) is 102 Å². The molecule has 0 aromatic carbocycles. The van der Waals surface area contributed by atoms with Gasteiger partial charge in [0, 0.05) is 38.5 Å². The summed E-state index contributed by atoms with van der Waals surface area (Å²) in [6.07, 6.45) is 0.0709. The molecule has 20 heteroatoms. The minimum Gasteiger partial charge on any atom is -0.444 e. The summed E-state index contributed by atoms with van der Waals surface area (Å²) in [6.45, 7) is 17.7. The fourth-order valence-electron chi connectivity index (χ4n) is 6.34. The summed E-state index contributed by atoms with van der Waals surface area (Å²) in [4.78, 5) is 81.8. The van der Waals surface area contributed by atoms with Crippen LogP contribution in [0.15, 0.2) is 12.7 Å². The molecule has 2 saturated carbocycles. The average Bonchev–Trinajstić information content (AvgIpc) is 4.03. The van der Waals surface area contributed by atoms with Crippen molar-refractivity contribution >= 4 is 56.9 Å². The lowest BCUT2D eigenvalue weighted by Gasteiger charge is -2.36. The molecule has 0 radical (unpaired) electrons. The highest BCUT2D eigenvalue weighted by Crippen LogP contribution is 2.45. The van der Waals surface area contributed by atoms with Gasteiger partial charge in [-0.3, -0.25) is 23.9 Å². The number of carbonyl (C=O) groups excluding carboxylic acids is 6. The van der Waals surface area contributed by atoms with Crippen LogP contribution >= 0.6 is 11.6 Å². The van der Waals surface area contributed by atoms with Gasteiger partial charge in [-0.1, -0.05) is 26.8 Å². The zero-order valence-corrected chi connectivity index (χ0v) is 34.0. The molecule has 6 amide bonds. The van der Waals surface area contributed by atoms with E-state index in [1.54, 1.807) is 46.4 Å². The second-order valence-electron chi connectivity index (χ2n) is 16.3. The van der Waals surface area contributed by atoms with Crippen LogP contribution in [0, 0.1) is 11.3 Å². The van der Waals surface area contributed by atoms with Crippen molar-refractivity contribution in [1.29, 1.82) is 0 Å². The number of nitrogens with one attached hydrogen (secondary N) is 3. The Morgan fingerprint density at radius 2 is 1.49 bits per heavy atom. The third-order valence-electron chi connectivity index (χ3n) is 9.67. The summed E-state index contributed by atoms with van der Waals surface area (Å²) in [7, 11) is -3.90. The van der Waals surface area contributed by atoms with Crippen LogP contribution < -0.4 is 15.4 Å². The van der Waals surface area contributed by atoms with E-state index in [4.69, 9.17) is 30.5 Å². The van der Waals surface area contributed by atoms with Crippen LogP contribution in [0.4, 0.5) is 14.4 Å². The van der Waals surface area contributed by atoms with E-state index in [0.717, 1.165) is 0 Å². The van der Waals surface area contributed by atoms with Gasteiger partial charge in [0.1, 0.15) is 29.3 Å². The van der Waals surface area contributed by atoms with Crippen LogP contribution in [0.5, 0.6) is 0 Å². The number of hydrogen-bond acceptors (Lipinski definition) is 12. The maximum atomic E-state index is 14.2. The Kier molecular flexibility index (Phi) is 14.1. The summed E-state index contributed by atoms with van der Waals surface area (Å²) in [5, 5.41) is 4.31. The first-order valence-electron chi connectivity index (χ1n) is 18.4. The highest BCUT2D eigenvalue weighted by atomic mass is 35.5. The molecule has 3 heterocycles. The number of hydrogen-bond donors (Lipinski definition) is 3. The number of ether oxygens (including phenoxy) is 4. The number of alkyl carbamates (subject to hydrolysis) is 1. The van der Waals surface area contributed by atoms with Crippen molar-refractivity contribution in [3.8, 4) is 0 Å². The fourth-order valence-corrected chi connectivity index (χ4v) is 7.87. The van der Waals surface area contributed by atoms with Crippen LogP contribution in [0.2, 0.25) is 0 Å². The quantitative estimate of drug-likeness (QED) is 0.172. The Morgan fingerprint density at radius 3 is 1.95 bits per heavy atom. The van der Waals surface area contributed by atoms with Gasteiger partial charge in [0.15, 0.2) is 0 Å². The highest BCUT2D eigenvalue weighted by Gasteiger charge is 2.62. The molecule has 5 aliphatic rings. The average molecular weight is 819 g/mol. The number of likely N-dealkylation sites (tertiary alicyclic amines) is 1. The van der Waals surface area contributed by atoms with Gasteiger partial charge in [-0.15, -0.1) is 6.58 Å². The molecule has 3 aliphatic heterocycles. The molecular formula is C35H55ClN6O12S. The molecule has 2 aliphatic carbocycles. The molecular weight excluding hydrogens is 764 g/mol. The van der Waals surface area contributed by atoms with Crippen molar-refractivity contribution in [1.82, 2.24) is 30.1 Å². The van der Waals surface area contributed by atoms with Crippen molar-refractivity contribution < 1.29 is 56.1 Å². The largest absolute Gasteiger partial charge is 0.444 e. The molecule has 5 rings (SSSR count). The SMILES string of the molecule is C=CC1C[C@]1(NC(=O)[C@@H]1C[C@@H](OC(=O)N2CCOCC2)CN1C(=O)[C@@H](NC(=O)OC(C)(C)C)C(C)(C)C)C(=O)NS(=O)(=O)C1CC1.O=C(Cl)N1CCOCC1. The van der Waals surface area contributed by atoms with Gasteiger partial charge in [0.25, 0.3) is 5.91 Å². The van der Waals surface area contributed by atoms with Crippen LogP contribution in [0.3, 0.4) is 0 Å². The van der Waals surface area contributed by atoms with Crippen molar-refractivity contribution in [2.24, 2.45) is 11.3 Å². The Hall–Kier alpha value is -3.68. The number of nitrogens with zero attached hydrogens (tertiary/aromatic N) is 3. The summed E-state index contributed by atoms with van der Waals surface area (Å²) >= 11 is 5.19. The number of carbonyl (C=O) groups is 6. The van der Waals surface area contributed by atoms with E-state index in [1.807, 2.05) is 0 Å². The van der Waals surface area contributed by atoms with Crippen molar-refractivity contribution in [2.75, 3.05) is 59.2 Å². The molecule has 3 saturated heterocycles. The van der Waals surface area contributed by atoms with E-state index in [1.165, 1.54) is 15.9 Å². The summed E-state index contributed by atoms with van der Waals surface area (Å²) in [5.74, 6) is -2.76. The lowest BCUT2D eigenvalue weighted by Crippen LogP contribution is -2.60. The van der Waals surface area contributed by atoms with Gasteiger partial charge in [-0.05, 0) is 57.0 Å². The molecule has 310 valence electrons. The normalized spacial score (nSPS) is 26.0. The molecule has 0 spiro atoms. The Bertz CT molecular complexity index is 1580. The molecule has 3 N–H and O–H groups in total. The maximum Gasteiger partial charge on any atom is 0.410 e. The number of rotatable bonds is 9. The zero-order valence-electron chi connectivity index (χ0n) is 32.4. The summed E-state index contributed by atoms with van der Waals surface area (Å²) in [6, 6.07) is -2.36. The number of amides is 6. The second kappa shape index (κ2) is 17.6. The predicted molar refractivity (Wildman–Crippen MR) is 198 cm³/mol. The summed E-state index contributed by atoms with van der Waals surface area (Å²) < 4.78 is 48.6. The van der Waals surface area contributed by atoms with Gasteiger partial charge < -0.3 is 44.3 Å². The van der Waals surface area contributed by atoms with Gasteiger partial charge in [-0.25, -0.2) is 18.0 Å². The van der Waals surface area contributed by atoms with Gasteiger partial charge in [-0.2, -0.15) is 0 Å². The van der Waals surface area contributed by atoms with E-state index in [-0.39, 0.29) is 24.8 Å². The van der Waals surface area contributed by atoms with E-state index in [2.05, 4.69) is 21.9 Å². The topological polar surface area (TPSA) is 219 Å². The minimum absolute atomic E-state index is 0.0895. The van der Waals surface area contributed by atoms with Gasteiger partial charge in [0.05, 0.1) is 38.2 Å². The number of sulfonamides is 1. The maximum absolute atomic E-state index is 14.2. The van der Waals surface area contributed by atoms with Crippen LogP contribution in [-0.2, 0) is 43.4 Å². The van der Waals surface area contributed by atoms with E-state index < -0.39 is 85.8 Å². The molecule has 0 aromatic rings. The highest BCUT2D eigenvalue weighted by molar-refractivity contribution is 7.91. The lowest BCUT2D eigenvalue weighted by molar-refractivity contribution is -0.143. The first-order valence-corrected chi connectivity index (χ1v) is 20.4. The molecule has 55 heavy (non-hydrogen) atoms. The Labute approximate surface area is 327 Å². The van der Waals surface area contributed by atoms with Gasteiger partial charge in [0.2, 0.25) is 21.8 Å². The van der Waals surface area contributed by atoms with Crippen molar-refractivity contribution in [3.05, 3.63) is 12.7 Å². The molecule has 5 fully saturated rings. The number of halogens is 1. The first-order chi connectivity index (χ1) is 25.6. The molecule has 0 bridgehead atoms. The zero-order chi connectivity index (χ0) is 40.9. The second-order valence-corrected chi connectivity index (χ2v) is 18.6. The minimum atomic E-state index is -3.90. The monoisotopic (exact) mass is 818 g/mol. The molecule has 1 unspecified atom stereocenters. The Balaban J connectivity index is 0.000000654. The predicted octanol–water partition coefficient (Wildman–Crippen LogP) is 1.71. The summed E-state index contributed by atoms with van der Waals surface area (Å²) in [5.41, 5.74) is -3.24. The van der Waals surface area contributed by atoms with Gasteiger partial charge >= 0.3 is 17.6 Å². The van der Waals surface area contributed by atoms with Crippen LogP contribution in [0.25, 0.3) is 0 Å². The lowest BCUT2D eigenvalue weighted by atomic mass is 9.85. The Morgan fingerprint density at radius 1 is 0.927 bits per heavy atom. The smallest absolute Gasteiger partial charge is 0.410 e. The van der Waals surface area contributed by atoms with Crippen LogP contribution in [0.1, 0.15) is 67.2 Å². The van der Waals surface area contributed by atoms with Crippen LogP contribution in [-0.4, -0.2) is 152 Å². The number of morpholine rings is 2. The van der Waals surface area contributed by atoms with Crippen molar-refractivity contribution in [3.63, 3.8) is 0 Å². The third kappa shape index (κ3) is 11.9. The van der Waals surface area contributed by atoms with E-state index in [0.29, 0.717) is 65.4 Å². The molecule has 0 aromatic heterocycles. The molecule has 5 atom stereocenters.